The molecule has 0 spiro atoms. The van der Waals surface area contributed by atoms with Crippen LogP contribution in [0.4, 0.5) is 0 Å². The Morgan fingerprint density at radius 2 is 1.85 bits per heavy atom. The second-order valence-electron chi connectivity index (χ2n) is 5.89. The highest BCUT2D eigenvalue weighted by Gasteiger charge is 2.41. The fourth-order valence-corrected chi connectivity index (χ4v) is 3.82. The highest BCUT2D eigenvalue weighted by Crippen LogP contribution is 2.52. The molecule has 1 fully saturated rings. The molecule has 0 bridgehead atoms. The minimum Gasteiger partial charge on any atom is -0.495 e. The van der Waals surface area contributed by atoms with Crippen LogP contribution in [-0.2, 0) is 5.41 Å². The van der Waals surface area contributed by atoms with Crippen molar-refractivity contribution in [3.63, 3.8) is 0 Å². The number of halogens is 1. The van der Waals surface area contributed by atoms with Crippen LogP contribution in [0.15, 0.2) is 10.5 Å². The molecule has 3 nitrogen and oxygen atoms in total. The Kier molecular flexibility index (Phi) is 4.65. The van der Waals surface area contributed by atoms with Crippen molar-refractivity contribution in [1.29, 1.82) is 0 Å². The van der Waals surface area contributed by atoms with E-state index in [9.17, 15) is 0 Å². The van der Waals surface area contributed by atoms with Crippen molar-refractivity contribution in [2.45, 2.75) is 44.4 Å². The first-order chi connectivity index (χ1) is 9.50. The molecule has 20 heavy (non-hydrogen) atoms. The molecule has 2 rings (SSSR count). The van der Waals surface area contributed by atoms with Crippen molar-refractivity contribution in [2.24, 2.45) is 5.73 Å². The number of nitrogens with two attached hydrogens (primary N) is 1. The Labute approximate surface area is 130 Å². The molecule has 0 aliphatic heterocycles. The quantitative estimate of drug-likeness (QED) is 0.881. The summed E-state index contributed by atoms with van der Waals surface area (Å²) in [6.07, 6.45) is 3.51. The average Bonchev–Trinajstić information content (AvgIpc) is 2.37. The molecule has 0 atom stereocenters. The zero-order valence-electron chi connectivity index (χ0n) is 12.8. The van der Waals surface area contributed by atoms with Gasteiger partial charge in [-0.3, -0.25) is 0 Å². The Balaban J connectivity index is 2.67. The van der Waals surface area contributed by atoms with Crippen molar-refractivity contribution < 1.29 is 9.47 Å². The Bertz CT molecular complexity index is 490. The summed E-state index contributed by atoms with van der Waals surface area (Å²) in [5.74, 6) is 2.13. The zero-order chi connectivity index (χ0) is 14.9. The van der Waals surface area contributed by atoms with Crippen molar-refractivity contribution in [3.8, 4) is 11.5 Å². The van der Waals surface area contributed by atoms with Crippen LogP contribution in [0.3, 0.4) is 0 Å². The van der Waals surface area contributed by atoms with Crippen molar-refractivity contribution in [1.82, 2.24) is 0 Å². The van der Waals surface area contributed by atoms with Crippen LogP contribution < -0.4 is 15.2 Å². The molecule has 1 aromatic rings. The van der Waals surface area contributed by atoms with Crippen molar-refractivity contribution in [2.75, 3.05) is 20.8 Å². The average molecular weight is 342 g/mol. The van der Waals surface area contributed by atoms with Gasteiger partial charge in [0, 0.05) is 17.5 Å². The standard InChI is InChI=1S/C16H24BrNO2/c1-10(2)11-8-12(16(9-18)6-5-7-16)15(20-4)13(17)14(11)19-3/h8,10H,5-7,9,18H2,1-4H3. The summed E-state index contributed by atoms with van der Waals surface area (Å²) in [4.78, 5) is 0. The van der Waals surface area contributed by atoms with E-state index in [2.05, 4.69) is 35.8 Å². The molecule has 2 N–H and O–H groups in total. The second kappa shape index (κ2) is 5.94. The van der Waals surface area contributed by atoms with E-state index in [4.69, 9.17) is 15.2 Å². The monoisotopic (exact) mass is 341 g/mol. The Morgan fingerprint density at radius 1 is 1.25 bits per heavy atom. The molecule has 1 aliphatic rings. The topological polar surface area (TPSA) is 44.5 Å². The molecule has 0 unspecified atom stereocenters. The van der Waals surface area contributed by atoms with E-state index in [1.54, 1.807) is 14.2 Å². The fourth-order valence-electron chi connectivity index (χ4n) is 3.05. The molecular weight excluding hydrogens is 318 g/mol. The summed E-state index contributed by atoms with van der Waals surface area (Å²) in [5.41, 5.74) is 8.57. The zero-order valence-corrected chi connectivity index (χ0v) is 14.3. The molecule has 0 radical (unpaired) electrons. The summed E-state index contributed by atoms with van der Waals surface area (Å²) in [6, 6.07) is 2.24. The molecule has 0 amide bonds. The third-order valence-corrected chi connectivity index (χ3v) is 5.23. The minimum atomic E-state index is 0.0732. The van der Waals surface area contributed by atoms with E-state index in [1.165, 1.54) is 17.5 Å². The normalized spacial score (nSPS) is 16.9. The minimum absolute atomic E-state index is 0.0732. The first-order valence-electron chi connectivity index (χ1n) is 7.15. The lowest BCUT2D eigenvalue weighted by molar-refractivity contribution is 0.242. The van der Waals surface area contributed by atoms with Gasteiger partial charge in [-0.15, -0.1) is 0 Å². The number of rotatable bonds is 5. The number of ether oxygens (including phenoxy) is 2. The summed E-state index contributed by atoms with van der Waals surface area (Å²) < 4.78 is 12.1. The molecule has 4 heteroatoms. The van der Waals surface area contributed by atoms with Crippen molar-refractivity contribution in [3.05, 3.63) is 21.7 Å². The lowest BCUT2D eigenvalue weighted by atomic mass is 9.64. The van der Waals surface area contributed by atoms with Crippen molar-refractivity contribution >= 4 is 15.9 Å². The van der Waals surface area contributed by atoms with Gasteiger partial charge in [0.2, 0.25) is 0 Å². The summed E-state index contributed by atoms with van der Waals surface area (Å²) >= 11 is 3.66. The number of benzene rings is 1. The van der Waals surface area contributed by atoms with Crippen LogP contribution >= 0.6 is 15.9 Å². The molecule has 0 aromatic heterocycles. The maximum Gasteiger partial charge on any atom is 0.140 e. The number of methoxy groups -OCH3 is 2. The first-order valence-corrected chi connectivity index (χ1v) is 7.95. The van der Waals surface area contributed by atoms with Gasteiger partial charge in [0.25, 0.3) is 0 Å². The molecule has 0 heterocycles. The largest absolute Gasteiger partial charge is 0.495 e. The van der Waals surface area contributed by atoms with Gasteiger partial charge >= 0.3 is 0 Å². The van der Waals surface area contributed by atoms with E-state index < -0.39 is 0 Å². The third-order valence-electron chi connectivity index (χ3n) is 4.51. The van der Waals surface area contributed by atoms with Gasteiger partial charge in [0.15, 0.2) is 0 Å². The molecule has 1 aliphatic carbocycles. The predicted octanol–water partition coefficient (Wildman–Crippen LogP) is 3.97. The highest BCUT2D eigenvalue weighted by atomic mass is 79.9. The molecule has 1 aromatic carbocycles. The second-order valence-corrected chi connectivity index (χ2v) is 6.68. The lowest BCUT2D eigenvalue weighted by Gasteiger charge is -2.43. The number of hydrogen-bond donors (Lipinski definition) is 1. The van der Waals surface area contributed by atoms with Crippen LogP contribution in [0.5, 0.6) is 11.5 Å². The fraction of sp³-hybridized carbons (Fsp3) is 0.625. The van der Waals surface area contributed by atoms with Gasteiger partial charge in [-0.2, -0.15) is 0 Å². The lowest BCUT2D eigenvalue weighted by Crippen LogP contribution is -2.42. The third kappa shape index (κ3) is 2.33. The predicted molar refractivity (Wildman–Crippen MR) is 85.9 cm³/mol. The van der Waals surface area contributed by atoms with E-state index >= 15 is 0 Å². The summed E-state index contributed by atoms with van der Waals surface area (Å²) in [7, 11) is 3.41. The summed E-state index contributed by atoms with van der Waals surface area (Å²) in [5, 5.41) is 0. The van der Waals surface area contributed by atoms with Gasteiger partial charge in [-0.25, -0.2) is 0 Å². The van der Waals surface area contributed by atoms with E-state index in [-0.39, 0.29) is 5.41 Å². The summed E-state index contributed by atoms with van der Waals surface area (Å²) in [6.45, 7) is 5.02. The van der Waals surface area contributed by atoms with E-state index in [1.807, 2.05) is 0 Å². The maximum absolute atomic E-state index is 6.07. The van der Waals surface area contributed by atoms with Crippen LogP contribution in [0.25, 0.3) is 0 Å². The van der Waals surface area contributed by atoms with Crippen LogP contribution in [0.1, 0.15) is 50.2 Å². The molecule has 112 valence electrons. The maximum atomic E-state index is 6.07. The van der Waals surface area contributed by atoms with Gasteiger partial charge < -0.3 is 15.2 Å². The van der Waals surface area contributed by atoms with Gasteiger partial charge in [0.05, 0.1) is 14.2 Å². The Morgan fingerprint density at radius 3 is 2.20 bits per heavy atom. The first kappa shape index (κ1) is 15.6. The van der Waals surface area contributed by atoms with Gasteiger partial charge in [0.1, 0.15) is 16.0 Å². The van der Waals surface area contributed by atoms with Crippen LogP contribution in [0.2, 0.25) is 0 Å². The van der Waals surface area contributed by atoms with E-state index in [0.717, 1.165) is 28.8 Å². The molecular formula is C16H24BrNO2. The van der Waals surface area contributed by atoms with Crippen LogP contribution in [-0.4, -0.2) is 20.8 Å². The van der Waals surface area contributed by atoms with Gasteiger partial charge in [-0.1, -0.05) is 20.3 Å². The van der Waals surface area contributed by atoms with Crippen LogP contribution in [0, 0.1) is 0 Å². The molecule has 0 saturated heterocycles. The number of hydrogen-bond acceptors (Lipinski definition) is 3. The van der Waals surface area contributed by atoms with Gasteiger partial charge in [-0.05, 0) is 46.3 Å². The smallest absolute Gasteiger partial charge is 0.140 e. The molecule has 1 saturated carbocycles. The highest BCUT2D eigenvalue weighted by molar-refractivity contribution is 9.10. The Hall–Kier alpha value is -0.740. The SMILES string of the molecule is COc1c(C(C)C)cc(C2(CN)CCC2)c(OC)c1Br. The van der Waals surface area contributed by atoms with E-state index in [0.29, 0.717) is 12.5 Å².